The van der Waals surface area contributed by atoms with Gasteiger partial charge < -0.3 is 19.1 Å². The molecule has 21 heavy (non-hydrogen) atoms. The minimum absolute atomic E-state index is 0.168. The highest BCUT2D eigenvalue weighted by molar-refractivity contribution is 5.88. The first-order chi connectivity index (χ1) is 10.2. The second kappa shape index (κ2) is 5.47. The molecule has 0 saturated heterocycles. The van der Waals surface area contributed by atoms with Crippen molar-refractivity contribution < 1.29 is 19.4 Å². The van der Waals surface area contributed by atoms with E-state index in [2.05, 4.69) is 9.55 Å². The maximum atomic E-state index is 11.0. The molecule has 110 valence electrons. The molecule has 1 heterocycles. The lowest BCUT2D eigenvalue weighted by molar-refractivity contribution is 0.0696. The number of imidazole rings is 1. The second-order valence-electron chi connectivity index (χ2n) is 4.98. The Hall–Kier alpha value is -2.50. The second-order valence-corrected chi connectivity index (χ2v) is 4.98. The zero-order valence-corrected chi connectivity index (χ0v) is 11.7. The highest BCUT2D eigenvalue weighted by Gasteiger charge is 2.25. The third-order valence-corrected chi connectivity index (χ3v) is 3.47. The molecule has 6 nitrogen and oxygen atoms in total. The number of nitrogens with zero attached hydrogens (tertiary/aromatic N) is 2. The lowest BCUT2D eigenvalue weighted by Gasteiger charge is -2.12. The Kier molecular flexibility index (Phi) is 3.51. The number of benzene rings is 1. The van der Waals surface area contributed by atoms with Gasteiger partial charge in [0.25, 0.3) is 0 Å². The number of hydrogen-bond acceptors (Lipinski definition) is 4. The number of carboxylic acid groups (broad SMARTS) is 1. The van der Waals surface area contributed by atoms with Crippen LogP contribution in [0, 0.1) is 0 Å². The molecule has 1 aromatic heterocycles. The maximum absolute atomic E-state index is 11.0. The molecule has 0 radical (unpaired) electrons. The van der Waals surface area contributed by atoms with Crippen LogP contribution in [-0.2, 0) is 6.61 Å². The molecule has 1 saturated carbocycles. The largest absolute Gasteiger partial charge is 0.493 e. The Morgan fingerprint density at radius 3 is 2.90 bits per heavy atom. The van der Waals surface area contributed by atoms with Gasteiger partial charge in [-0.1, -0.05) is 0 Å². The van der Waals surface area contributed by atoms with E-state index < -0.39 is 5.97 Å². The van der Waals surface area contributed by atoms with Crippen molar-refractivity contribution in [3.63, 3.8) is 0 Å². The summed E-state index contributed by atoms with van der Waals surface area (Å²) in [6, 6.07) is 5.08. The summed E-state index contributed by atoms with van der Waals surface area (Å²) >= 11 is 0. The molecular weight excluding hydrogens is 272 g/mol. The minimum atomic E-state index is -0.995. The van der Waals surface area contributed by atoms with Gasteiger partial charge in [-0.2, -0.15) is 0 Å². The molecule has 1 fully saturated rings. The Labute approximate surface area is 121 Å². The number of carboxylic acids is 1. The van der Waals surface area contributed by atoms with Crippen LogP contribution in [0.25, 0.3) is 0 Å². The van der Waals surface area contributed by atoms with Crippen molar-refractivity contribution in [1.29, 1.82) is 0 Å². The molecule has 1 aliphatic carbocycles. The van der Waals surface area contributed by atoms with Crippen LogP contribution in [0.1, 0.15) is 34.9 Å². The molecule has 0 amide bonds. The molecule has 6 heteroatoms. The topological polar surface area (TPSA) is 73.6 Å². The number of rotatable bonds is 6. The van der Waals surface area contributed by atoms with Gasteiger partial charge in [-0.25, -0.2) is 9.78 Å². The van der Waals surface area contributed by atoms with Gasteiger partial charge in [-0.05, 0) is 31.0 Å². The number of aromatic nitrogens is 2. The minimum Gasteiger partial charge on any atom is -0.493 e. The van der Waals surface area contributed by atoms with Crippen molar-refractivity contribution in [2.75, 3.05) is 7.11 Å². The molecule has 1 aliphatic rings. The van der Waals surface area contributed by atoms with Crippen LogP contribution in [-0.4, -0.2) is 27.7 Å². The van der Waals surface area contributed by atoms with Crippen LogP contribution in [0.4, 0.5) is 0 Å². The molecule has 0 unspecified atom stereocenters. The van der Waals surface area contributed by atoms with Crippen LogP contribution in [0.5, 0.6) is 11.5 Å². The highest BCUT2D eigenvalue weighted by atomic mass is 16.5. The predicted octanol–water partition coefficient (Wildman–Crippen LogP) is 2.50. The van der Waals surface area contributed by atoms with Gasteiger partial charge in [0.1, 0.15) is 6.61 Å². The fourth-order valence-corrected chi connectivity index (χ4v) is 2.20. The third-order valence-electron chi connectivity index (χ3n) is 3.47. The zero-order valence-electron chi connectivity index (χ0n) is 11.7. The van der Waals surface area contributed by atoms with Crippen molar-refractivity contribution in [1.82, 2.24) is 9.55 Å². The number of carbonyl (C=O) groups is 1. The van der Waals surface area contributed by atoms with E-state index in [4.69, 9.17) is 14.6 Å². The smallest absolute Gasteiger partial charge is 0.335 e. The van der Waals surface area contributed by atoms with Gasteiger partial charge in [0, 0.05) is 6.04 Å². The molecule has 0 spiro atoms. The summed E-state index contributed by atoms with van der Waals surface area (Å²) < 4.78 is 13.0. The van der Waals surface area contributed by atoms with Crippen LogP contribution in [0.15, 0.2) is 30.7 Å². The van der Waals surface area contributed by atoms with E-state index in [1.807, 2.05) is 0 Å². The summed E-state index contributed by atoms with van der Waals surface area (Å²) in [5.74, 6) is -0.0658. The van der Waals surface area contributed by atoms with Crippen LogP contribution < -0.4 is 9.47 Å². The van der Waals surface area contributed by atoms with E-state index >= 15 is 0 Å². The Bertz CT molecular complexity index is 661. The number of aromatic carboxylic acids is 1. The zero-order chi connectivity index (χ0) is 14.8. The predicted molar refractivity (Wildman–Crippen MR) is 74.8 cm³/mol. The normalized spacial score (nSPS) is 14.0. The SMILES string of the molecule is COc1ccc(C(=O)O)cc1OCc1cncn1C1CC1. The number of methoxy groups -OCH3 is 1. The van der Waals surface area contributed by atoms with E-state index in [0.717, 1.165) is 5.69 Å². The standard InChI is InChI=1S/C15H16N2O4/c1-20-13-5-2-10(15(18)19)6-14(13)21-8-12-7-16-9-17(12)11-3-4-11/h2,5-7,9,11H,3-4,8H2,1H3,(H,18,19). The maximum Gasteiger partial charge on any atom is 0.335 e. The van der Waals surface area contributed by atoms with Gasteiger partial charge in [0.15, 0.2) is 11.5 Å². The van der Waals surface area contributed by atoms with Gasteiger partial charge >= 0.3 is 5.97 Å². The first kappa shape index (κ1) is 13.5. The van der Waals surface area contributed by atoms with Crippen molar-refractivity contribution in [2.24, 2.45) is 0 Å². The Balaban J connectivity index is 1.78. The number of hydrogen-bond donors (Lipinski definition) is 1. The summed E-state index contributed by atoms with van der Waals surface area (Å²) in [6.45, 7) is 0.329. The summed E-state index contributed by atoms with van der Waals surface area (Å²) in [5, 5.41) is 9.04. The van der Waals surface area contributed by atoms with Gasteiger partial charge in [-0.3, -0.25) is 0 Å². The van der Waals surface area contributed by atoms with Gasteiger partial charge in [-0.15, -0.1) is 0 Å². The molecule has 1 aromatic carbocycles. The van der Waals surface area contributed by atoms with Gasteiger partial charge in [0.05, 0.1) is 30.9 Å². The van der Waals surface area contributed by atoms with Crippen molar-refractivity contribution >= 4 is 5.97 Å². The van der Waals surface area contributed by atoms with Gasteiger partial charge in [0.2, 0.25) is 0 Å². The first-order valence-electron chi connectivity index (χ1n) is 6.74. The van der Waals surface area contributed by atoms with Crippen LogP contribution in [0.3, 0.4) is 0 Å². The molecular formula is C15H16N2O4. The average molecular weight is 288 g/mol. The third kappa shape index (κ3) is 2.84. The van der Waals surface area contributed by atoms with E-state index in [1.54, 1.807) is 18.6 Å². The average Bonchev–Trinajstić information content (AvgIpc) is 3.23. The van der Waals surface area contributed by atoms with E-state index in [1.165, 1.54) is 32.1 Å². The summed E-state index contributed by atoms with van der Waals surface area (Å²) in [4.78, 5) is 15.2. The molecule has 3 rings (SSSR count). The first-order valence-corrected chi connectivity index (χ1v) is 6.74. The van der Waals surface area contributed by atoms with Crippen LogP contribution in [0.2, 0.25) is 0 Å². The molecule has 2 aromatic rings. The fraction of sp³-hybridized carbons (Fsp3) is 0.333. The quantitative estimate of drug-likeness (QED) is 0.884. The monoisotopic (exact) mass is 288 g/mol. The lowest BCUT2D eigenvalue weighted by Crippen LogP contribution is -2.05. The van der Waals surface area contributed by atoms with E-state index in [-0.39, 0.29) is 5.56 Å². The summed E-state index contributed by atoms with van der Waals surface area (Å²) in [6.07, 6.45) is 5.91. The molecule has 0 bridgehead atoms. The Morgan fingerprint density at radius 2 is 2.24 bits per heavy atom. The van der Waals surface area contributed by atoms with Crippen molar-refractivity contribution in [2.45, 2.75) is 25.5 Å². The highest BCUT2D eigenvalue weighted by Crippen LogP contribution is 2.36. The van der Waals surface area contributed by atoms with E-state index in [9.17, 15) is 4.79 Å². The lowest BCUT2D eigenvalue weighted by atomic mass is 10.2. The Morgan fingerprint density at radius 1 is 1.43 bits per heavy atom. The van der Waals surface area contributed by atoms with Crippen molar-refractivity contribution in [3.8, 4) is 11.5 Å². The summed E-state index contributed by atoms with van der Waals surface area (Å²) in [5.41, 5.74) is 1.14. The molecule has 1 N–H and O–H groups in total. The molecule has 0 atom stereocenters. The van der Waals surface area contributed by atoms with Crippen LogP contribution >= 0.6 is 0 Å². The summed E-state index contributed by atoms with van der Waals surface area (Å²) in [7, 11) is 1.52. The van der Waals surface area contributed by atoms with Crippen molar-refractivity contribution in [3.05, 3.63) is 42.0 Å². The number of ether oxygens (including phenoxy) is 2. The molecule has 0 aliphatic heterocycles. The van der Waals surface area contributed by atoms with E-state index in [0.29, 0.717) is 24.1 Å². The fourth-order valence-electron chi connectivity index (χ4n) is 2.20.